The average Bonchev–Trinajstić information content (AvgIpc) is 2.52. The number of aromatic nitrogens is 1. The van der Waals surface area contributed by atoms with Crippen LogP contribution in [0.5, 0.6) is 5.75 Å². The summed E-state index contributed by atoms with van der Waals surface area (Å²) < 4.78 is 5.72. The second kappa shape index (κ2) is 7.47. The minimum atomic E-state index is -0.793. The summed E-state index contributed by atoms with van der Waals surface area (Å²) in [5, 5.41) is 21.2. The van der Waals surface area contributed by atoms with Crippen LogP contribution in [0.4, 0.5) is 5.69 Å². The summed E-state index contributed by atoms with van der Waals surface area (Å²) in [5.74, 6) is 0.684. The van der Waals surface area contributed by atoms with Gasteiger partial charge in [-0.05, 0) is 24.3 Å². The van der Waals surface area contributed by atoms with Gasteiger partial charge in [0.05, 0.1) is 24.1 Å². The van der Waals surface area contributed by atoms with E-state index in [9.17, 15) is 5.11 Å². The van der Waals surface area contributed by atoms with Gasteiger partial charge < -0.3 is 20.3 Å². The fourth-order valence-electron chi connectivity index (χ4n) is 1.67. The fraction of sp³-hybridized carbons (Fsp3) is 0.267. The van der Waals surface area contributed by atoms with E-state index < -0.39 is 6.10 Å². The number of nitrogens with one attached hydrogen (secondary N) is 1. The number of benzene rings is 1. The van der Waals surface area contributed by atoms with Crippen LogP contribution < -0.4 is 10.1 Å². The van der Waals surface area contributed by atoms with E-state index in [1.165, 1.54) is 0 Å². The van der Waals surface area contributed by atoms with Gasteiger partial charge in [0.1, 0.15) is 12.4 Å². The predicted octanol–water partition coefficient (Wildman–Crippen LogP) is 1.43. The Kier molecular flexibility index (Phi) is 5.34. The summed E-state index contributed by atoms with van der Waals surface area (Å²) in [6.45, 7) is 0.368. The van der Waals surface area contributed by atoms with E-state index in [-0.39, 0.29) is 13.2 Å². The highest BCUT2D eigenvalue weighted by Gasteiger charge is 2.06. The summed E-state index contributed by atoms with van der Waals surface area (Å²) in [4.78, 5) is 4.19. The lowest BCUT2D eigenvalue weighted by molar-refractivity contribution is 0.105. The van der Waals surface area contributed by atoms with E-state index in [1.54, 1.807) is 6.20 Å². The molecule has 2 rings (SSSR count). The maximum Gasteiger partial charge on any atom is 0.142 e. The van der Waals surface area contributed by atoms with Gasteiger partial charge in [-0.2, -0.15) is 0 Å². The first-order chi connectivity index (χ1) is 9.79. The van der Waals surface area contributed by atoms with E-state index >= 15 is 0 Å². The van der Waals surface area contributed by atoms with Crippen molar-refractivity contribution in [3.8, 4) is 5.75 Å². The number of aliphatic hydroxyl groups excluding tert-OH is 2. The van der Waals surface area contributed by atoms with E-state index in [2.05, 4.69) is 10.3 Å². The number of hydrogen-bond acceptors (Lipinski definition) is 5. The number of hydrogen-bond donors (Lipinski definition) is 3. The molecule has 1 aromatic carbocycles. The van der Waals surface area contributed by atoms with Crippen molar-refractivity contribution in [3.63, 3.8) is 0 Å². The maximum atomic E-state index is 9.35. The molecule has 0 amide bonds. The highest BCUT2D eigenvalue weighted by atomic mass is 16.5. The van der Waals surface area contributed by atoms with Gasteiger partial charge in [0.15, 0.2) is 0 Å². The highest BCUT2D eigenvalue weighted by Crippen LogP contribution is 2.24. The molecule has 0 spiro atoms. The lowest BCUT2D eigenvalue weighted by atomic mass is 10.2. The third-order valence-electron chi connectivity index (χ3n) is 2.73. The van der Waals surface area contributed by atoms with Gasteiger partial charge in [0.25, 0.3) is 0 Å². The molecule has 0 saturated carbocycles. The van der Waals surface area contributed by atoms with Crippen LogP contribution in [0.25, 0.3) is 0 Å². The lowest BCUT2D eigenvalue weighted by Gasteiger charge is -2.14. The normalized spacial score (nSPS) is 11.9. The van der Waals surface area contributed by atoms with Crippen LogP contribution in [0.2, 0.25) is 0 Å². The highest BCUT2D eigenvalue weighted by molar-refractivity contribution is 5.56. The Balaban J connectivity index is 1.97. The second-order valence-electron chi connectivity index (χ2n) is 4.32. The molecule has 0 fully saturated rings. The van der Waals surface area contributed by atoms with Crippen molar-refractivity contribution in [3.05, 3.63) is 54.4 Å². The molecule has 5 nitrogen and oxygen atoms in total. The van der Waals surface area contributed by atoms with Crippen molar-refractivity contribution in [2.75, 3.05) is 18.5 Å². The summed E-state index contributed by atoms with van der Waals surface area (Å²) >= 11 is 0. The zero-order valence-electron chi connectivity index (χ0n) is 11.1. The van der Waals surface area contributed by atoms with Gasteiger partial charge >= 0.3 is 0 Å². The summed E-state index contributed by atoms with van der Waals surface area (Å²) in [6, 6.07) is 13.1. The van der Waals surface area contributed by atoms with Crippen LogP contribution in [0, 0.1) is 0 Å². The van der Waals surface area contributed by atoms with E-state index in [0.29, 0.717) is 12.4 Å². The summed E-state index contributed by atoms with van der Waals surface area (Å²) in [6.07, 6.45) is 0.930. The standard InChI is InChI=1S/C15H18N2O3/c18-10-13(19)9-17-14-6-1-2-7-15(14)20-11-12-5-3-4-8-16-12/h1-8,13,17-19H,9-11H2. The molecule has 5 heteroatoms. The predicted molar refractivity (Wildman–Crippen MR) is 76.6 cm³/mol. The number of pyridine rings is 1. The molecule has 1 aromatic heterocycles. The monoisotopic (exact) mass is 274 g/mol. The fourth-order valence-corrected chi connectivity index (χ4v) is 1.67. The SMILES string of the molecule is OCC(O)CNc1ccccc1OCc1ccccn1. The van der Waals surface area contributed by atoms with Crippen molar-refractivity contribution < 1.29 is 14.9 Å². The molecular formula is C15H18N2O3. The molecule has 20 heavy (non-hydrogen) atoms. The van der Waals surface area contributed by atoms with Crippen molar-refractivity contribution in [1.82, 2.24) is 4.98 Å². The summed E-state index contributed by atoms with van der Waals surface area (Å²) in [7, 11) is 0. The van der Waals surface area contributed by atoms with Crippen LogP contribution in [0.3, 0.4) is 0 Å². The molecule has 0 saturated heterocycles. The number of nitrogens with zero attached hydrogens (tertiary/aromatic N) is 1. The number of rotatable bonds is 7. The summed E-state index contributed by atoms with van der Waals surface area (Å²) in [5.41, 5.74) is 1.62. The second-order valence-corrected chi connectivity index (χ2v) is 4.32. The number of aliphatic hydroxyl groups is 2. The Bertz CT molecular complexity index is 520. The molecule has 0 bridgehead atoms. The van der Waals surface area contributed by atoms with Gasteiger partial charge in [-0.15, -0.1) is 0 Å². The number of anilines is 1. The van der Waals surface area contributed by atoms with Crippen molar-refractivity contribution in [2.24, 2.45) is 0 Å². The molecule has 2 aromatic rings. The van der Waals surface area contributed by atoms with Crippen LogP contribution in [-0.4, -0.2) is 34.5 Å². The Morgan fingerprint density at radius 2 is 1.95 bits per heavy atom. The van der Waals surface area contributed by atoms with Crippen LogP contribution >= 0.6 is 0 Å². The van der Waals surface area contributed by atoms with E-state index in [1.807, 2.05) is 42.5 Å². The molecular weight excluding hydrogens is 256 g/mol. The van der Waals surface area contributed by atoms with Gasteiger partial charge in [0.2, 0.25) is 0 Å². The molecule has 0 radical (unpaired) electrons. The van der Waals surface area contributed by atoms with Gasteiger partial charge in [-0.1, -0.05) is 18.2 Å². The van der Waals surface area contributed by atoms with Crippen LogP contribution in [0.15, 0.2) is 48.7 Å². The first-order valence-corrected chi connectivity index (χ1v) is 6.44. The third kappa shape index (κ3) is 4.22. The lowest BCUT2D eigenvalue weighted by Crippen LogP contribution is -2.23. The molecule has 106 valence electrons. The molecule has 1 unspecified atom stereocenters. The first-order valence-electron chi connectivity index (χ1n) is 6.44. The Morgan fingerprint density at radius 1 is 1.15 bits per heavy atom. The van der Waals surface area contributed by atoms with Crippen molar-refractivity contribution >= 4 is 5.69 Å². The first kappa shape index (κ1) is 14.3. The number of para-hydroxylation sites is 2. The van der Waals surface area contributed by atoms with Crippen molar-refractivity contribution in [1.29, 1.82) is 0 Å². The zero-order valence-corrected chi connectivity index (χ0v) is 11.1. The third-order valence-corrected chi connectivity index (χ3v) is 2.73. The molecule has 1 heterocycles. The molecule has 0 aliphatic carbocycles. The van der Waals surface area contributed by atoms with Crippen LogP contribution in [-0.2, 0) is 6.61 Å². The van der Waals surface area contributed by atoms with Gasteiger partial charge in [-0.25, -0.2) is 0 Å². The Labute approximate surface area is 117 Å². The quantitative estimate of drug-likeness (QED) is 0.712. The Hall–Kier alpha value is -2.11. The molecule has 0 aliphatic heterocycles. The zero-order chi connectivity index (χ0) is 14.2. The average molecular weight is 274 g/mol. The maximum absolute atomic E-state index is 9.35. The molecule has 3 N–H and O–H groups in total. The van der Waals surface area contributed by atoms with Crippen molar-refractivity contribution in [2.45, 2.75) is 12.7 Å². The minimum Gasteiger partial charge on any atom is -0.485 e. The van der Waals surface area contributed by atoms with E-state index in [4.69, 9.17) is 9.84 Å². The van der Waals surface area contributed by atoms with E-state index in [0.717, 1.165) is 11.4 Å². The molecule has 1 atom stereocenters. The topological polar surface area (TPSA) is 74.6 Å². The van der Waals surface area contributed by atoms with Crippen LogP contribution in [0.1, 0.15) is 5.69 Å². The molecule has 0 aliphatic rings. The number of ether oxygens (including phenoxy) is 1. The van der Waals surface area contributed by atoms with Gasteiger partial charge in [-0.3, -0.25) is 4.98 Å². The largest absolute Gasteiger partial charge is 0.485 e. The van der Waals surface area contributed by atoms with Gasteiger partial charge in [0, 0.05) is 12.7 Å². The smallest absolute Gasteiger partial charge is 0.142 e. The Morgan fingerprint density at radius 3 is 2.70 bits per heavy atom. The minimum absolute atomic E-state index is 0.264.